The molecule has 0 spiro atoms. The molecule has 0 radical (unpaired) electrons. The van der Waals surface area contributed by atoms with Crippen molar-refractivity contribution >= 4 is 21.2 Å². The Labute approximate surface area is 164 Å². The maximum absolute atomic E-state index is 11.9. The molecule has 0 unspecified atom stereocenters. The number of aliphatic hydroxyl groups is 1. The van der Waals surface area contributed by atoms with Gasteiger partial charge in [0.05, 0.1) is 18.6 Å². The number of sulfone groups is 1. The van der Waals surface area contributed by atoms with Gasteiger partial charge in [0.2, 0.25) is 0 Å². The molecule has 6 nitrogen and oxygen atoms in total. The molecule has 0 aliphatic carbocycles. The van der Waals surface area contributed by atoms with E-state index in [1.807, 2.05) is 17.5 Å². The molecule has 0 saturated carbocycles. The Morgan fingerprint density at radius 1 is 1.26 bits per heavy atom. The second-order valence-corrected chi connectivity index (χ2v) is 9.97. The zero-order chi connectivity index (χ0) is 19.3. The lowest BCUT2D eigenvalue weighted by atomic mass is 10.2. The molecule has 0 amide bonds. The average Bonchev–Trinajstić information content (AvgIpc) is 3.29. The Morgan fingerprint density at radius 2 is 2.00 bits per heavy atom. The fraction of sp³-hybridized carbons (Fsp3) is 0.474. The quantitative estimate of drug-likeness (QED) is 0.682. The number of thiophene rings is 1. The molecule has 1 saturated heterocycles. The van der Waals surface area contributed by atoms with E-state index in [1.54, 1.807) is 42.7 Å². The van der Waals surface area contributed by atoms with Crippen LogP contribution in [0.15, 0.2) is 41.8 Å². The fourth-order valence-corrected chi connectivity index (χ4v) is 5.69. The SMILES string of the molecule is COc1ccc(OC[C@H](O)CN(Cc2cccs2)[C@H]2CCS(=O)(=O)C2)cc1. The predicted molar refractivity (Wildman–Crippen MR) is 106 cm³/mol. The first-order valence-electron chi connectivity index (χ1n) is 8.87. The number of rotatable bonds is 9. The van der Waals surface area contributed by atoms with Crippen molar-refractivity contribution in [2.24, 2.45) is 0 Å². The van der Waals surface area contributed by atoms with Gasteiger partial charge in [0.25, 0.3) is 0 Å². The first kappa shape index (κ1) is 20.1. The zero-order valence-electron chi connectivity index (χ0n) is 15.3. The molecule has 2 atom stereocenters. The molecule has 1 aliphatic heterocycles. The summed E-state index contributed by atoms with van der Waals surface area (Å²) in [5.74, 6) is 1.78. The fourth-order valence-electron chi connectivity index (χ4n) is 3.20. The van der Waals surface area contributed by atoms with E-state index >= 15 is 0 Å². The van der Waals surface area contributed by atoms with E-state index in [2.05, 4.69) is 4.90 Å². The topological polar surface area (TPSA) is 76.1 Å². The van der Waals surface area contributed by atoms with Gasteiger partial charge in [-0.2, -0.15) is 0 Å². The smallest absolute Gasteiger partial charge is 0.151 e. The summed E-state index contributed by atoms with van der Waals surface area (Å²) in [4.78, 5) is 3.22. The van der Waals surface area contributed by atoms with Gasteiger partial charge in [-0.05, 0) is 42.1 Å². The summed E-state index contributed by atoms with van der Waals surface area (Å²) in [5.41, 5.74) is 0. The van der Waals surface area contributed by atoms with Crippen LogP contribution < -0.4 is 9.47 Å². The molecule has 8 heteroatoms. The molecule has 3 rings (SSSR count). The van der Waals surface area contributed by atoms with Crippen molar-refractivity contribution in [3.8, 4) is 11.5 Å². The minimum atomic E-state index is -2.98. The summed E-state index contributed by atoms with van der Waals surface area (Å²) in [5, 5.41) is 12.5. The highest BCUT2D eigenvalue weighted by atomic mass is 32.2. The summed E-state index contributed by atoms with van der Waals surface area (Å²) in [6.07, 6.45) is -0.102. The van der Waals surface area contributed by atoms with E-state index in [0.717, 1.165) is 10.6 Å². The van der Waals surface area contributed by atoms with Crippen LogP contribution in [0.25, 0.3) is 0 Å². The number of ether oxygens (including phenoxy) is 2. The minimum Gasteiger partial charge on any atom is -0.497 e. The van der Waals surface area contributed by atoms with Crippen LogP contribution in [0.4, 0.5) is 0 Å². The van der Waals surface area contributed by atoms with Crippen LogP contribution in [-0.4, -0.2) is 62.3 Å². The normalized spacial score (nSPS) is 19.9. The third-order valence-electron chi connectivity index (χ3n) is 4.61. The van der Waals surface area contributed by atoms with Crippen LogP contribution in [0.5, 0.6) is 11.5 Å². The second kappa shape index (κ2) is 9.05. The van der Waals surface area contributed by atoms with Crippen LogP contribution in [0.3, 0.4) is 0 Å². The molecular weight excluding hydrogens is 386 g/mol. The number of aliphatic hydroxyl groups excluding tert-OH is 1. The maximum Gasteiger partial charge on any atom is 0.151 e. The lowest BCUT2D eigenvalue weighted by Gasteiger charge is -2.29. The van der Waals surface area contributed by atoms with Gasteiger partial charge in [0.1, 0.15) is 24.2 Å². The number of nitrogens with zero attached hydrogens (tertiary/aromatic N) is 1. The van der Waals surface area contributed by atoms with Gasteiger partial charge in [-0.15, -0.1) is 11.3 Å². The number of methoxy groups -OCH3 is 1. The minimum absolute atomic E-state index is 0.0623. The van der Waals surface area contributed by atoms with Crippen molar-refractivity contribution < 1.29 is 23.0 Å². The molecule has 148 valence electrons. The molecule has 1 aromatic carbocycles. The van der Waals surface area contributed by atoms with Crippen molar-refractivity contribution in [2.45, 2.75) is 25.1 Å². The highest BCUT2D eigenvalue weighted by molar-refractivity contribution is 7.91. The van der Waals surface area contributed by atoms with Crippen molar-refractivity contribution in [3.63, 3.8) is 0 Å². The van der Waals surface area contributed by atoms with Crippen molar-refractivity contribution in [2.75, 3.05) is 31.8 Å². The second-order valence-electron chi connectivity index (χ2n) is 6.71. The molecule has 0 bridgehead atoms. The summed E-state index contributed by atoms with van der Waals surface area (Å²) in [6.45, 7) is 1.15. The summed E-state index contributed by atoms with van der Waals surface area (Å²) in [6, 6.07) is 11.1. The van der Waals surface area contributed by atoms with Gasteiger partial charge in [-0.1, -0.05) is 6.07 Å². The molecule has 1 aromatic heterocycles. The Balaban J connectivity index is 1.58. The molecule has 1 N–H and O–H groups in total. The van der Waals surface area contributed by atoms with Crippen LogP contribution in [-0.2, 0) is 16.4 Å². The molecular formula is C19H25NO5S2. The monoisotopic (exact) mass is 411 g/mol. The molecule has 2 heterocycles. The lowest BCUT2D eigenvalue weighted by Crippen LogP contribution is -2.42. The van der Waals surface area contributed by atoms with Crippen LogP contribution >= 0.6 is 11.3 Å². The first-order chi connectivity index (χ1) is 12.9. The lowest BCUT2D eigenvalue weighted by molar-refractivity contribution is 0.0529. The first-order valence-corrected chi connectivity index (χ1v) is 11.6. The van der Waals surface area contributed by atoms with E-state index in [9.17, 15) is 13.5 Å². The third-order valence-corrected chi connectivity index (χ3v) is 7.22. The summed E-state index contributed by atoms with van der Waals surface area (Å²) < 4.78 is 34.5. The molecule has 2 aromatic rings. The van der Waals surface area contributed by atoms with Crippen molar-refractivity contribution in [1.82, 2.24) is 4.90 Å². The van der Waals surface area contributed by atoms with E-state index < -0.39 is 15.9 Å². The van der Waals surface area contributed by atoms with E-state index in [-0.39, 0.29) is 24.2 Å². The van der Waals surface area contributed by atoms with Crippen molar-refractivity contribution in [3.05, 3.63) is 46.7 Å². The molecule has 1 fully saturated rings. The Bertz CT molecular complexity index is 805. The average molecular weight is 412 g/mol. The highest BCUT2D eigenvalue weighted by Gasteiger charge is 2.33. The number of benzene rings is 1. The van der Waals surface area contributed by atoms with Gasteiger partial charge in [-0.3, -0.25) is 4.90 Å². The van der Waals surface area contributed by atoms with Gasteiger partial charge in [-0.25, -0.2) is 8.42 Å². The van der Waals surface area contributed by atoms with Crippen molar-refractivity contribution in [1.29, 1.82) is 0 Å². The van der Waals surface area contributed by atoms with Crippen LogP contribution in [0, 0.1) is 0 Å². The van der Waals surface area contributed by atoms with E-state index in [0.29, 0.717) is 25.3 Å². The highest BCUT2D eigenvalue weighted by Crippen LogP contribution is 2.22. The van der Waals surface area contributed by atoms with Crippen LogP contribution in [0.1, 0.15) is 11.3 Å². The molecule has 1 aliphatic rings. The number of hydrogen-bond donors (Lipinski definition) is 1. The van der Waals surface area contributed by atoms with E-state index in [1.165, 1.54) is 0 Å². The predicted octanol–water partition coefficient (Wildman–Crippen LogP) is 2.19. The van der Waals surface area contributed by atoms with Gasteiger partial charge in [0, 0.05) is 24.0 Å². The summed E-state index contributed by atoms with van der Waals surface area (Å²) >= 11 is 1.63. The number of hydrogen-bond acceptors (Lipinski definition) is 7. The van der Waals surface area contributed by atoms with Gasteiger partial charge < -0.3 is 14.6 Å². The Kier molecular flexibility index (Phi) is 6.75. The Hall–Kier alpha value is -1.61. The van der Waals surface area contributed by atoms with E-state index in [4.69, 9.17) is 9.47 Å². The standard InChI is InChI=1S/C19H25NO5S2/c1-24-17-4-6-18(7-5-17)25-13-16(21)11-20(12-19-3-2-9-26-19)15-8-10-27(22,23)14-15/h2-7,9,15-16,21H,8,10-14H2,1H3/t15-,16+/m0/s1. The maximum atomic E-state index is 11.9. The van der Waals surface area contributed by atoms with Gasteiger partial charge >= 0.3 is 0 Å². The molecule has 27 heavy (non-hydrogen) atoms. The van der Waals surface area contributed by atoms with Crippen LogP contribution in [0.2, 0.25) is 0 Å². The largest absolute Gasteiger partial charge is 0.497 e. The summed E-state index contributed by atoms with van der Waals surface area (Å²) in [7, 11) is -1.38. The third kappa shape index (κ3) is 5.93. The van der Waals surface area contributed by atoms with Gasteiger partial charge in [0.15, 0.2) is 9.84 Å². The zero-order valence-corrected chi connectivity index (χ0v) is 16.9. The Morgan fingerprint density at radius 3 is 2.59 bits per heavy atom.